The molecule has 0 bridgehead atoms. The van der Waals surface area contributed by atoms with Crippen LogP contribution in [0.1, 0.15) is 68.7 Å². The lowest BCUT2D eigenvalue weighted by Gasteiger charge is -2.28. The van der Waals surface area contributed by atoms with Gasteiger partial charge in [-0.15, -0.1) is 0 Å². The van der Waals surface area contributed by atoms with Gasteiger partial charge in [0.15, 0.2) is 0 Å². The fourth-order valence-electron chi connectivity index (χ4n) is 2.82. The topological polar surface area (TPSA) is 54.9 Å². The van der Waals surface area contributed by atoms with Crippen molar-refractivity contribution in [1.29, 1.82) is 0 Å². The first-order valence-corrected chi connectivity index (χ1v) is 8.17. The highest BCUT2D eigenvalue weighted by Gasteiger charge is 2.23. The van der Waals surface area contributed by atoms with E-state index in [0.717, 1.165) is 0 Å². The van der Waals surface area contributed by atoms with Crippen LogP contribution in [-0.4, -0.2) is 22.4 Å². The van der Waals surface area contributed by atoms with Crippen molar-refractivity contribution in [1.82, 2.24) is 15.3 Å². The van der Waals surface area contributed by atoms with Crippen LogP contribution in [0.4, 0.5) is 0 Å². The molecule has 21 heavy (non-hydrogen) atoms. The second kappa shape index (κ2) is 7.21. The summed E-state index contributed by atoms with van der Waals surface area (Å²) in [5.41, 5.74) is 0.291. The monoisotopic (exact) mass is 309 g/mol. The molecule has 0 radical (unpaired) electrons. The molecule has 5 heteroatoms. The lowest BCUT2D eigenvalue weighted by molar-refractivity contribution is 0.0931. The van der Waals surface area contributed by atoms with Crippen molar-refractivity contribution in [3.05, 3.63) is 22.7 Å². The Morgan fingerprint density at radius 3 is 2.81 bits per heavy atom. The third kappa shape index (κ3) is 4.16. The summed E-state index contributed by atoms with van der Waals surface area (Å²) in [5.74, 6) is 1.86. The fourth-order valence-corrected chi connectivity index (χ4v) is 3.00. The average molecular weight is 310 g/mol. The van der Waals surface area contributed by atoms with E-state index >= 15 is 0 Å². The molecule has 2 atom stereocenters. The maximum atomic E-state index is 12.3. The van der Waals surface area contributed by atoms with E-state index < -0.39 is 0 Å². The third-order valence-corrected chi connectivity index (χ3v) is 4.58. The van der Waals surface area contributed by atoms with Crippen LogP contribution in [0.25, 0.3) is 0 Å². The molecular formula is C16H24ClN3O. The molecule has 1 saturated carbocycles. The average Bonchev–Trinajstić information content (AvgIpc) is 2.46. The second-order valence-corrected chi connectivity index (χ2v) is 6.72. The molecule has 0 aliphatic heterocycles. The largest absolute Gasteiger partial charge is 0.350 e. The number of nitrogens with zero attached hydrogens (tertiary/aromatic N) is 2. The third-order valence-electron chi connectivity index (χ3n) is 4.31. The van der Waals surface area contributed by atoms with Gasteiger partial charge in [-0.05, 0) is 18.3 Å². The summed E-state index contributed by atoms with van der Waals surface area (Å²) in [7, 11) is 0. The van der Waals surface area contributed by atoms with Gasteiger partial charge in [0.2, 0.25) is 0 Å². The summed E-state index contributed by atoms with van der Waals surface area (Å²) in [6.45, 7) is 6.96. The van der Waals surface area contributed by atoms with Gasteiger partial charge < -0.3 is 5.32 Å². The fraction of sp³-hybridized carbons (Fsp3) is 0.688. The Kier molecular flexibility index (Phi) is 5.57. The highest BCUT2D eigenvalue weighted by atomic mass is 35.5. The number of hydrogen-bond donors (Lipinski definition) is 1. The predicted octanol–water partition coefficient (Wildman–Crippen LogP) is 3.81. The lowest BCUT2D eigenvalue weighted by Crippen LogP contribution is -2.34. The van der Waals surface area contributed by atoms with Crippen LogP contribution in [0.5, 0.6) is 0 Å². The minimum atomic E-state index is -0.193. The van der Waals surface area contributed by atoms with E-state index in [0.29, 0.717) is 34.9 Å². The maximum Gasteiger partial charge on any atom is 0.271 e. The summed E-state index contributed by atoms with van der Waals surface area (Å²) in [6, 6.07) is 0. The van der Waals surface area contributed by atoms with E-state index in [1.54, 1.807) is 0 Å². The van der Waals surface area contributed by atoms with Gasteiger partial charge in [-0.25, -0.2) is 9.97 Å². The molecule has 2 rings (SSSR count). The normalized spacial score (nSPS) is 22.3. The number of nitrogens with one attached hydrogen (secondary N) is 1. The van der Waals surface area contributed by atoms with Crippen molar-refractivity contribution >= 4 is 17.5 Å². The number of carbonyl (C=O) groups excluding carboxylic acids is 1. The number of aromatic nitrogens is 2. The van der Waals surface area contributed by atoms with E-state index in [1.165, 1.54) is 31.9 Å². The van der Waals surface area contributed by atoms with Crippen LogP contribution in [0.3, 0.4) is 0 Å². The van der Waals surface area contributed by atoms with Crippen molar-refractivity contribution < 1.29 is 4.79 Å². The van der Waals surface area contributed by atoms with Crippen LogP contribution in [0.2, 0.25) is 5.02 Å². The first kappa shape index (κ1) is 16.2. The Morgan fingerprint density at radius 1 is 1.43 bits per heavy atom. The molecule has 1 aliphatic carbocycles. The van der Waals surface area contributed by atoms with Crippen LogP contribution >= 0.6 is 11.6 Å². The van der Waals surface area contributed by atoms with Crippen molar-refractivity contribution in [3.63, 3.8) is 0 Å². The highest BCUT2D eigenvalue weighted by Crippen LogP contribution is 2.29. The minimum Gasteiger partial charge on any atom is -0.350 e. The maximum absolute atomic E-state index is 12.3. The smallest absolute Gasteiger partial charge is 0.271 e. The Bertz CT molecular complexity index is 504. The first-order valence-electron chi connectivity index (χ1n) is 7.79. The molecule has 0 saturated heterocycles. The second-order valence-electron chi connectivity index (χ2n) is 6.31. The Balaban J connectivity index is 2.01. The molecule has 1 aliphatic rings. The summed E-state index contributed by atoms with van der Waals surface area (Å²) < 4.78 is 0. The van der Waals surface area contributed by atoms with Crippen molar-refractivity contribution in [3.8, 4) is 0 Å². The van der Waals surface area contributed by atoms with Crippen LogP contribution in [0, 0.1) is 11.8 Å². The van der Waals surface area contributed by atoms with Gasteiger partial charge in [0.05, 0.1) is 11.2 Å². The molecule has 1 aromatic heterocycles. The van der Waals surface area contributed by atoms with E-state index in [-0.39, 0.29) is 11.8 Å². The van der Waals surface area contributed by atoms with Crippen molar-refractivity contribution in [2.45, 2.75) is 52.4 Å². The Labute approximate surface area is 131 Å². The molecule has 1 fully saturated rings. The van der Waals surface area contributed by atoms with E-state index in [2.05, 4.69) is 22.2 Å². The highest BCUT2D eigenvalue weighted by molar-refractivity contribution is 6.33. The lowest BCUT2D eigenvalue weighted by atomic mass is 9.80. The number of rotatable bonds is 4. The molecule has 1 heterocycles. The van der Waals surface area contributed by atoms with Gasteiger partial charge in [0, 0.05) is 12.5 Å². The number of carbonyl (C=O) groups is 1. The molecule has 2 unspecified atom stereocenters. The molecule has 0 spiro atoms. The van der Waals surface area contributed by atoms with Gasteiger partial charge >= 0.3 is 0 Å². The number of halogens is 1. The van der Waals surface area contributed by atoms with Crippen LogP contribution < -0.4 is 5.32 Å². The summed E-state index contributed by atoms with van der Waals surface area (Å²) in [4.78, 5) is 20.8. The Morgan fingerprint density at radius 2 is 2.14 bits per heavy atom. The quantitative estimate of drug-likeness (QED) is 0.920. The molecule has 4 nitrogen and oxygen atoms in total. The van der Waals surface area contributed by atoms with Gasteiger partial charge in [-0.3, -0.25) is 4.79 Å². The standard InChI is InChI=1S/C16H24ClN3O/c1-10(2)15-18-9-13(17)14(20-15)16(21)19-8-12-7-5-4-6-11(12)3/h9-12H,4-8H2,1-3H3,(H,19,21). The summed E-state index contributed by atoms with van der Waals surface area (Å²) >= 11 is 6.06. The van der Waals surface area contributed by atoms with Gasteiger partial charge in [-0.1, -0.05) is 51.6 Å². The molecule has 1 N–H and O–H groups in total. The number of hydrogen-bond acceptors (Lipinski definition) is 3. The molecular weight excluding hydrogens is 286 g/mol. The minimum absolute atomic E-state index is 0.173. The summed E-state index contributed by atoms with van der Waals surface area (Å²) in [6.07, 6.45) is 6.53. The van der Waals surface area contributed by atoms with Gasteiger partial charge in [0.1, 0.15) is 11.5 Å². The zero-order valence-electron chi connectivity index (χ0n) is 13.0. The molecule has 1 aromatic rings. The van der Waals surface area contributed by atoms with Gasteiger partial charge in [0.25, 0.3) is 5.91 Å². The molecule has 116 valence electrons. The summed E-state index contributed by atoms with van der Waals surface area (Å²) in [5, 5.41) is 3.31. The molecule has 1 amide bonds. The molecule has 0 aromatic carbocycles. The predicted molar refractivity (Wildman–Crippen MR) is 84.6 cm³/mol. The van der Waals surface area contributed by atoms with Crippen molar-refractivity contribution in [2.75, 3.05) is 6.54 Å². The number of amides is 1. The zero-order chi connectivity index (χ0) is 15.4. The van der Waals surface area contributed by atoms with Crippen LogP contribution in [0.15, 0.2) is 6.20 Å². The van der Waals surface area contributed by atoms with E-state index in [9.17, 15) is 4.79 Å². The van der Waals surface area contributed by atoms with Gasteiger partial charge in [-0.2, -0.15) is 0 Å². The first-order chi connectivity index (χ1) is 9.99. The van der Waals surface area contributed by atoms with Crippen LogP contribution in [-0.2, 0) is 0 Å². The van der Waals surface area contributed by atoms with E-state index in [1.807, 2.05) is 13.8 Å². The Hall–Kier alpha value is -1.16. The SMILES string of the molecule is CC(C)c1ncc(Cl)c(C(=O)NCC2CCCCC2C)n1. The van der Waals surface area contributed by atoms with E-state index in [4.69, 9.17) is 11.6 Å². The van der Waals surface area contributed by atoms with Crippen molar-refractivity contribution in [2.24, 2.45) is 11.8 Å². The zero-order valence-corrected chi connectivity index (χ0v) is 13.8.